The first-order valence-electron chi connectivity index (χ1n) is 7.27. The maximum atomic E-state index is 11.7. The molecule has 0 bridgehead atoms. The number of hydrogen-bond acceptors (Lipinski definition) is 4. The lowest BCUT2D eigenvalue weighted by Crippen LogP contribution is -2.18. The van der Waals surface area contributed by atoms with Crippen molar-refractivity contribution in [2.45, 2.75) is 19.8 Å². The molecule has 5 nitrogen and oxygen atoms in total. The van der Waals surface area contributed by atoms with E-state index in [-0.39, 0.29) is 5.91 Å². The predicted octanol–water partition coefficient (Wildman–Crippen LogP) is 3.02. The van der Waals surface area contributed by atoms with Crippen LogP contribution in [0.3, 0.4) is 0 Å². The highest BCUT2D eigenvalue weighted by molar-refractivity contribution is 5.93. The Hall–Kier alpha value is -2.69. The van der Waals surface area contributed by atoms with Crippen molar-refractivity contribution in [3.05, 3.63) is 59.9 Å². The van der Waals surface area contributed by atoms with Crippen LogP contribution in [-0.4, -0.2) is 23.7 Å². The smallest absolute Gasteiger partial charge is 0.289 e. The Labute approximate surface area is 130 Å². The van der Waals surface area contributed by atoms with Gasteiger partial charge in [0.1, 0.15) is 11.4 Å². The molecule has 0 spiro atoms. The summed E-state index contributed by atoms with van der Waals surface area (Å²) in [6.07, 6.45) is 5.30. The second-order valence-electron chi connectivity index (χ2n) is 4.69. The summed E-state index contributed by atoms with van der Waals surface area (Å²) < 4.78 is 5.58. The fourth-order valence-electron chi connectivity index (χ4n) is 1.70. The SMILES string of the molecule is CCCCOc1ccc(/C=N/NC(=O)c2ccccn2)cc1. The third-order valence-corrected chi connectivity index (χ3v) is 2.92. The van der Waals surface area contributed by atoms with Crippen molar-refractivity contribution in [1.82, 2.24) is 10.4 Å². The summed E-state index contributed by atoms with van der Waals surface area (Å²) in [6, 6.07) is 12.7. The predicted molar refractivity (Wildman–Crippen MR) is 86.1 cm³/mol. The number of carbonyl (C=O) groups is 1. The van der Waals surface area contributed by atoms with E-state index in [9.17, 15) is 4.79 Å². The number of pyridine rings is 1. The second-order valence-corrected chi connectivity index (χ2v) is 4.69. The van der Waals surface area contributed by atoms with E-state index in [0.29, 0.717) is 5.69 Å². The maximum absolute atomic E-state index is 11.7. The van der Waals surface area contributed by atoms with Gasteiger partial charge in [-0.1, -0.05) is 19.4 Å². The summed E-state index contributed by atoms with van der Waals surface area (Å²) in [5.41, 5.74) is 3.65. The van der Waals surface area contributed by atoms with Gasteiger partial charge in [0.15, 0.2) is 0 Å². The van der Waals surface area contributed by atoms with Gasteiger partial charge < -0.3 is 4.74 Å². The minimum atomic E-state index is -0.337. The largest absolute Gasteiger partial charge is 0.494 e. The average Bonchev–Trinajstić information content (AvgIpc) is 2.57. The Morgan fingerprint density at radius 3 is 2.77 bits per heavy atom. The number of carbonyl (C=O) groups excluding carboxylic acids is 1. The van der Waals surface area contributed by atoms with Gasteiger partial charge in [-0.25, -0.2) is 5.43 Å². The first-order chi connectivity index (χ1) is 10.8. The lowest BCUT2D eigenvalue weighted by Gasteiger charge is -2.04. The summed E-state index contributed by atoms with van der Waals surface area (Å²) in [5, 5.41) is 3.92. The molecule has 0 fully saturated rings. The van der Waals surface area contributed by atoms with Gasteiger partial charge in [0.05, 0.1) is 12.8 Å². The number of unbranched alkanes of at least 4 members (excludes halogenated alkanes) is 1. The number of hydrogen-bond donors (Lipinski definition) is 1. The molecule has 22 heavy (non-hydrogen) atoms. The van der Waals surface area contributed by atoms with Crippen molar-refractivity contribution in [2.75, 3.05) is 6.61 Å². The van der Waals surface area contributed by atoms with Crippen LogP contribution >= 0.6 is 0 Å². The van der Waals surface area contributed by atoms with Crippen LogP contribution in [0.1, 0.15) is 35.8 Å². The summed E-state index contributed by atoms with van der Waals surface area (Å²) in [4.78, 5) is 15.7. The van der Waals surface area contributed by atoms with Crippen molar-refractivity contribution in [2.24, 2.45) is 5.10 Å². The first-order valence-corrected chi connectivity index (χ1v) is 7.27. The summed E-state index contributed by atoms with van der Waals surface area (Å²) in [5.74, 6) is 0.500. The van der Waals surface area contributed by atoms with Gasteiger partial charge in [-0.05, 0) is 48.4 Å². The Bertz CT molecular complexity index is 610. The van der Waals surface area contributed by atoms with Crippen molar-refractivity contribution >= 4 is 12.1 Å². The topological polar surface area (TPSA) is 63.6 Å². The molecule has 2 aromatic rings. The minimum Gasteiger partial charge on any atom is -0.494 e. The van der Waals surface area contributed by atoms with Crippen LogP contribution in [-0.2, 0) is 0 Å². The second kappa shape index (κ2) is 8.56. The number of ether oxygens (including phenoxy) is 1. The number of nitrogens with zero attached hydrogens (tertiary/aromatic N) is 2. The molecule has 0 unspecified atom stereocenters. The molecule has 0 saturated carbocycles. The highest BCUT2D eigenvalue weighted by atomic mass is 16.5. The number of aromatic nitrogens is 1. The van der Waals surface area contributed by atoms with Crippen LogP contribution in [0.2, 0.25) is 0 Å². The number of amides is 1. The normalized spacial score (nSPS) is 10.6. The van der Waals surface area contributed by atoms with E-state index in [1.54, 1.807) is 30.6 Å². The zero-order valence-electron chi connectivity index (χ0n) is 12.5. The van der Waals surface area contributed by atoms with Gasteiger partial charge >= 0.3 is 0 Å². The molecule has 0 aliphatic carbocycles. The molecular weight excluding hydrogens is 278 g/mol. The van der Waals surface area contributed by atoms with Gasteiger partial charge in [0, 0.05) is 6.20 Å². The van der Waals surface area contributed by atoms with Crippen molar-refractivity contribution in [3.8, 4) is 5.75 Å². The van der Waals surface area contributed by atoms with E-state index in [1.165, 1.54) is 0 Å². The van der Waals surface area contributed by atoms with Crippen molar-refractivity contribution in [3.63, 3.8) is 0 Å². The monoisotopic (exact) mass is 297 g/mol. The van der Waals surface area contributed by atoms with Crippen LogP contribution in [0.25, 0.3) is 0 Å². The molecule has 1 aromatic carbocycles. The lowest BCUT2D eigenvalue weighted by molar-refractivity contribution is 0.0950. The van der Waals surface area contributed by atoms with Gasteiger partial charge in [-0.2, -0.15) is 5.10 Å². The Morgan fingerprint density at radius 2 is 2.09 bits per heavy atom. The summed E-state index contributed by atoms with van der Waals surface area (Å²) in [7, 11) is 0. The number of nitrogens with one attached hydrogen (secondary N) is 1. The van der Waals surface area contributed by atoms with E-state index < -0.39 is 0 Å². The van der Waals surface area contributed by atoms with Gasteiger partial charge in [-0.15, -0.1) is 0 Å². The molecule has 5 heteroatoms. The fourth-order valence-corrected chi connectivity index (χ4v) is 1.70. The number of benzene rings is 1. The zero-order chi connectivity index (χ0) is 15.6. The molecule has 0 radical (unpaired) electrons. The molecule has 1 N–H and O–H groups in total. The average molecular weight is 297 g/mol. The lowest BCUT2D eigenvalue weighted by atomic mass is 10.2. The molecule has 114 valence electrons. The fraction of sp³-hybridized carbons (Fsp3) is 0.235. The third-order valence-electron chi connectivity index (χ3n) is 2.92. The maximum Gasteiger partial charge on any atom is 0.289 e. The number of rotatable bonds is 7. The van der Waals surface area contributed by atoms with Crippen molar-refractivity contribution in [1.29, 1.82) is 0 Å². The summed E-state index contributed by atoms with van der Waals surface area (Å²) >= 11 is 0. The molecular formula is C17H19N3O2. The molecule has 2 rings (SSSR count). The Balaban J connectivity index is 1.84. The molecule has 0 atom stereocenters. The van der Waals surface area contributed by atoms with Crippen LogP contribution in [0, 0.1) is 0 Å². The van der Waals surface area contributed by atoms with E-state index in [4.69, 9.17) is 4.74 Å². The molecule has 1 heterocycles. The quantitative estimate of drug-likeness (QED) is 0.485. The molecule has 0 aliphatic heterocycles. The van der Waals surface area contributed by atoms with E-state index in [0.717, 1.165) is 30.8 Å². The highest BCUT2D eigenvalue weighted by Gasteiger charge is 2.03. The van der Waals surface area contributed by atoms with Crippen LogP contribution in [0.4, 0.5) is 0 Å². The van der Waals surface area contributed by atoms with Gasteiger partial charge in [0.2, 0.25) is 0 Å². The van der Waals surface area contributed by atoms with E-state index in [1.807, 2.05) is 24.3 Å². The molecule has 0 saturated heterocycles. The van der Waals surface area contributed by atoms with Crippen LogP contribution in [0.5, 0.6) is 5.75 Å². The van der Waals surface area contributed by atoms with E-state index in [2.05, 4.69) is 22.4 Å². The molecule has 0 aliphatic rings. The molecule has 1 aromatic heterocycles. The van der Waals surface area contributed by atoms with Crippen molar-refractivity contribution < 1.29 is 9.53 Å². The summed E-state index contributed by atoms with van der Waals surface area (Å²) in [6.45, 7) is 2.85. The molecule has 1 amide bonds. The Morgan fingerprint density at radius 1 is 1.27 bits per heavy atom. The van der Waals surface area contributed by atoms with Gasteiger partial charge in [-0.3, -0.25) is 9.78 Å². The van der Waals surface area contributed by atoms with E-state index >= 15 is 0 Å². The number of hydrazone groups is 1. The Kier molecular flexibility index (Phi) is 6.11. The highest BCUT2D eigenvalue weighted by Crippen LogP contribution is 2.11. The van der Waals surface area contributed by atoms with Gasteiger partial charge in [0.25, 0.3) is 5.91 Å². The first kappa shape index (κ1) is 15.7. The standard InChI is InChI=1S/C17H19N3O2/c1-2-3-12-22-15-9-7-14(8-10-15)13-19-20-17(21)16-6-4-5-11-18-16/h4-11,13H,2-3,12H2,1H3,(H,20,21)/b19-13+. The van der Waals surface area contributed by atoms with Crippen LogP contribution in [0.15, 0.2) is 53.8 Å². The third kappa shape index (κ3) is 5.01. The zero-order valence-corrected chi connectivity index (χ0v) is 12.5. The van der Waals surface area contributed by atoms with Crippen LogP contribution < -0.4 is 10.2 Å². The minimum absolute atomic E-state index is 0.333.